The number of hydrogen-bond acceptors (Lipinski definition) is 6. The summed E-state index contributed by atoms with van der Waals surface area (Å²) in [4.78, 5) is 32.2. The highest BCUT2D eigenvalue weighted by molar-refractivity contribution is 6.06. The van der Waals surface area contributed by atoms with Gasteiger partial charge in [0.05, 0.1) is 16.8 Å². The van der Waals surface area contributed by atoms with Crippen molar-refractivity contribution in [2.45, 2.75) is 19.4 Å². The van der Waals surface area contributed by atoms with E-state index in [2.05, 4.69) is 101 Å². The van der Waals surface area contributed by atoms with Crippen LogP contribution in [-0.2, 0) is 11.2 Å². The van der Waals surface area contributed by atoms with Crippen LogP contribution in [0.4, 0.5) is 5.69 Å². The average Bonchev–Trinajstić information content (AvgIpc) is 3.04. The van der Waals surface area contributed by atoms with Gasteiger partial charge in [-0.2, -0.15) is 0 Å². The largest absolute Gasteiger partial charge is 0.483 e. The molecule has 0 spiro atoms. The second-order valence-electron chi connectivity index (χ2n) is 9.78. The molecule has 216 valence electrons. The third kappa shape index (κ3) is 8.03. The first kappa shape index (κ1) is 30.4. The molecule has 0 aliphatic heterocycles. The Morgan fingerprint density at radius 1 is 0.977 bits per heavy atom. The predicted octanol–water partition coefficient (Wildman–Crippen LogP) is 5.33. The van der Waals surface area contributed by atoms with Crippen molar-refractivity contribution >= 4 is 29.0 Å². The number of carboxylic acid groups (broad SMARTS) is 1. The average molecular weight is 572 g/mol. The third-order valence-electron chi connectivity index (χ3n) is 6.93. The van der Waals surface area contributed by atoms with Crippen molar-refractivity contribution in [3.8, 4) is 23.1 Å². The van der Waals surface area contributed by atoms with Crippen molar-refractivity contribution in [3.63, 3.8) is 0 Å². The maximum Gasteiger partial charge on any atom is 0.290 e. The molecule has 3 N–H and O–H groups in total. The van der Waals surface area contributed by atoms with E-state index < -0.39 is 0 Å². The van der Waals surface area contributed by atoms with Gasteiger partial charge in [0.15, 0.2) is 0 Å². The first-order chi connectivity index (χ1) is 20.9. The Morgan fingerprint density at radius 2 is 1.60 bits per heavy atom. The number of carbonyl (C=O) groups is 2. The summed E-state index contributed by atoms with van der Waals surface area (Å²) in [6, 6.07) is 30.8. The van der Waals surface area contributed by atoms with Gasteiger partial charge in [0.25, 0.3) is 12.4 Å². The van der Waals surface area contributed by atoms with E-state index in [1.165, 1.54) is 11.3 Å². The van der Waals surface area contributed by atoms with Crippen LogP contribution in [0.1, 0.15) is 34.0 Å². The Morgan fingerprint density at radius 3 is 2.23 bits per heavy atom. The Kier molecular flexibility index (Phi) is 10.6. The van der Waals surface area contributed by atoms with Gasteiger partial charge in [0.1, 0.15) is 0 Å². The molecule has 2 heterocycles. The number of carbonyl (C=O) groups excluding carboxylic acids is 1. The van der Waals surface area contributed by atoms with Crippen molar-refractivity contribution in [3.05, 3.63) is 126 Å². The number of nitrogens with one attached hydrogen (secondary N) is 2. The number of nitrogens with zero attached hydrogens (tertiary/aromatic N) is 3. The molecule has 0 saturated heterocycles. The topological polar surface area (TPSA) is 107 Å². The lowest BCUT2D eigenvalue weighted by Crippen LogP contribution is -2.34. The molecule has 8 nitrogen and oxygen atoms in total. The number of likely N-dealkylation sites (N-methyl/N-ethyl adjacent to an activating group) is 1. The summed E-state index contributed by atoms with van der Waals surface area (Å²) < 4.78 is 0. The monoisotopic (exact) mass is 571 g/mol. The molecule has 0 aliphatic rings. The van der Waals surface area contributed by atoms with Gasteiger partial charge in [0.2, 0.25) is 0 Å². The van der Waals surface area contributed by atoms with E-state index in [1.54, 1.807) is 25.5 Å². The quantitative estimate of drug-likeness (QED) is 0.138. The minimum absolute atomic E-state index is 0.241. The fourth-order valence-electron chi connectivity index (χ4n) is 4.58. The molecule has 0 aliphatic carbocycles. The lowest BCUT2D eigenvalue weighted by Gasteiger charge is -2.27. The zero-order valence-corrected chi connectivity index (χ0v) is 24.3. The summed E-state index contributed by atoms with van der Waals surface area (Å²) in [5, 5.41) is 7.59. The zero-order valence-electron chi connectivity index (χ0n) is 24.3. The number of aromatic nitrogens is 2. The van der Waals surface area contributed by atoms with E-state index >= 15 is 0 Å². The molecule has 0 fully saturated rings. The molecule has 0 bridgehead atoms. The van der Waals surface area contributed by atoms with E-state index in [0.717, 1.165) is 23.1 Å². The van der Waals surface area contributed by atoms with Crippen molar-refractivity contribution in [1.29, 1.82) is 0 Å². The van der Waals surface area contributed by atoms with Crippen molar-refractivity contribution in [2.24, 2.45) is 0 Å². The number of hydrogen-bond donors (Lipinski definition) is 3. The van der Waals surface area contributed by atoms with E-state index in [0.29, 0.717) is 28.2 Å². The number of amides is 1. The number of fused-ring (bicyclic) bond motifs is 1. The predicted molar refractivity (Wildman–Crippen MR) is 171 cm³/mol. The Labute approximate surface area is 251 Å². The third-order valence-corrected chi connectivity index (χ3v) is 6.93. The SMILES string of the molecule is CNNC(=O)c1cc(-c2ccc(C#Cc3ccc(N(C)C(C)Cc4ccccc4)cc3)cc2)nc2ccncc12.O=CO. The number of pyridine rings is 2. The van der Waals surface area contributed by atoms with Crippen LogP contribution in [0.2, 0.25) is 0 Å². The summed E-state index contributed by atoms with van der Waals surface area (Å²) in [7, 11) is 3.79. The lowest BCUT2D eigenvalue weighted by atomic mass is 10.0. The van der Waals surface area contributed by atoms with Gasteiger partial charge in [0, 0.05) is 60.3 Å². The minimum atomic E-state index is -0.250. The molecule has 1 atom stereocenters. The summed E-state index contributed by atoms with van der Waals surface area (Å²) in [5.41, 5.74) is 12.5. The molecule has 2 aromatic heterocycles. The Balaban J connectivity index is 0.00000135. The fourth-order valence-corrected chi connectivity index (χ4v) is 4.58. The van der Waals surface area contributed by atoms with Crippen molar-refractivity contribution < 1.29 is 14.7 Å². The van der Waals surface area contributed by atoms with Gasteiger partial charge in [-0.05, 0) is 67.4 Å². The molecule has 43 heavy (non-hydrogen) atoms. The highest BCUT2D eigenvalue weighted by Crippen LogP contribution is 2.25. The number of anilines is 1. The minimum Gasteiger partial charge on any atom is -0.483 e. The Hall–Kier alpha value is -5.52. The molecule has 3 aromatic carbocycles. The van der Waals surface area contributed by atoms with Crippen LogP contribution in [0.15, 0.2) is 103 Å². The molecule has 1 amide bonds. The standard InChI is InChI=1S/C34H31N5O.CH2O2/c1-24(21-27-7-5-4-6-8-27)39(3)29-17-13-26(14-18-29)10-9-25-11-15-28(16-12-25)33-22-30(34(40)38-35-2)31-23-36-20-19-32(31)37-33;2-1-3/h4-8,11-20,22-24,35H,21H2,1-3H3,(H,38,40);1H,(H,2,3). The van der Waals surface area contributed by atoms with Crippen LogP contribution >= 0.6 is 0 Å². The smallest absolute Gasteiger partial charge is 0.290 e. The molecule has 0 radical (unpaired) electrons. The number of hydrazine groups is 1. The van der Waals surface area contributed by atoms with Gasteiger partial charge in [-0.15, -0.1) is 0 Å². The molecular formula is C35H33N5O3. The highest BCUT2D eigenvalue weighted by Gasteiger charge is 2.14. The normalized spacial score (nSPS) is 10.9. The summed E-state index contributed by atoms with van der Waals surface area (Å²) in [5.74, 6) is 6.28. The Bertz CT molecular complexity index is 1730. The maximum absolute atomic E-state index is 12.6. The van der Waals surface area contributed by atoms with E-state index in [4.69, 9.17) is 14.9 Å². The summed E-state index contributed by atoms with van der Waals surface area (Å²) >= 11 is 0. The molecule has 5 rings (SSSR count). The van der Waals surface area contributed by atoms with Gasteiger partial charge in [-0.1, -0.05) is 54.3 Å². The number of benzene rings is 3. The summed E-state index contributed by atoms with van der Waals surface area (Å²) in [6.45, 7) is 1.99. The molecular weight excluding hydrogens is 538 g/mol. The van der Waals surface area contributed by atoms with Gasteiger partial charge in [-0.3, -0.25) is 20.0 Å². The molecule has 0 saturated carbocycles. The maximum atomic E-state index is 12.6. The van der Waals surface area contributed by atoms with E-state index in [1.807, 2.05) is 30.3 Å². The van der Waals surface area contributed by atoms with Crippen LogP contribution in [0.25, 0.3) is 22.2 Å². The fraction of sp³-hybridized carbons (Fsp3) is 0.143. The number of rotatable bonds is 7. The van der Waals surface area contributed by atoms with E-state index in [9.17, 15) is 4.79 Å². The van der Waals surface area contributed by atoms with Crippen LogP contribution in [0, 0.1) is 11.8 Å². The lowest BCUT2D eigenvalue weighted by molar-refractivity contribution is -0.122. The highest BCUT2D eigenvalue weighted by atomic mass is 16.3. The first-order valence-corrected chi connectivity index (χ1v) is 13.7. The van der Waals surface area contributed by atoms with Crippen LogP contribution < -0.4 is 15.8 Å². The zero-order chi connectivity index (χ0) is 30.6. The van der Waals surface area contributed by atoms with Gasteiger partial charge >= 0.3 is 0 Å². The molecule has 1 unspecified atom stereocenters. The van der Waals surface area contributed by atoms with Crippen LogP contribution in [-0.4, -0.2) is 47.6 Å². The second kappa shape index (κ2) is 14.9. The molecule has 5 aromatic rings. The van der Waals surface area contributed by atoms with Gasteiger partial charge < -0.3 is 10.0 Å². The van der Waals surface area contributed by atoms with E-state index in [-0.39, 0.29) is 12.4 Å². The van der Waals surface area contributed by atoms with Crippen molar-refractivity contribution in [2.75, 3.05) is 19.0 Å². The summed E-state index contributed by atoms with van der Waals surface area (Å²) in [6.07, 6.45) is 4.32. The van der Waals surface area contributed by atoms with Gasteiger partial charge in [-0.25, -0.2) is 10.4 Å². The van der Waals surface area contributed by atoms with Crippen LogP contribution in [0.3, 0.4) is 0 Å². The van der Waals surface area contributed by atoms with Crippen molar-refractivity contribution in [1.82, 2.24) is 20.8 Å². The van der Waals surface area contributed by atoms with Crippen LogP contribution in [0.5, 0.6) is 0 Å². The second-order valence-corrected chi connectivity index (χ2v) is 9.78. The molecule has 8 heteroatoms. The first-order valence-electron chi connectivity index (χ1n) is 13.7.